The Kier molecular flexibility index (Phi) is 3.47. The Bertz CT molecular complexity index is 1080. The minimum atomic E-state index is -0.654. The number of fused-ring (bicyclic) bond motifs is 5. The number of imide groups is 1. The number of aryl methyl sites for hydroxylation is 2. The fraction of sp³-hybridized carbons (Fsp3) is 0.261. The number of nitriles is 1. The topological polar surface area (TPSA) is 64.4 Å². The first-order valence-electron chi connectivity index (χ1n) is 9.41. The minimum Gasteiger partial charge on any atom is -0.353 e. The predicted molar refractivity (Wildman–Crippen MR) is 105 cm³/mol. The molecular weight excluding hydrogens is 350 g/mol. The summed E-state index contributed by atoms with van der Waals surface area (Å²) in [6, 6.07) is 15.0. The summed E-state index contributed by atoms with van der Waals surface area (Å²) in [5.41, 5.74) is 4.63. The molecule has 138 valence electrons. The fourth-order valence-corrected chi connectivity index (χ4v) is 5.04. The van der Waals surface area contributed by atoms with E-state index in [9.17, 15) is 14.9 Å². The van der Waals surface area contributed by atoms with E-state index in [-0.39, 0.29) is 17.9 Å². The second-order valence-electron chi connectivity index (χ2n) is 7.82. The molecule has 2 aromatic rings. The Labute approximate surface area is 163 Å². The van der Waals surface area contributed by atoms with E-state index in [0.717, 1.165) is 22.3 Å². The predicted octanol–water partition coefficient (Wildman–Crippen LogP) is 3.34. The summed E-state index contributed by atoms with van der Waals surface area (Å²) >= 11 is 0. The van der Waals surface area contributed by atoms with Crippen LogP contribution in [0.4, 0.5) is 5.69 Å². The average molecular weight is 369 g/mol. The molecule has 0 aliphatic carbocycles. The Morgan fingerprint density at radius 1 is 0.964 bits per heavy atom. The quantitative estimate of drug-likeness (QED) is 0.723. The number of amides is 2. The van der Waals surface area contributed by atoms with E-state index in [1.807, 2.05) is 73.5 Å². The number of nitrogens with zero attached hydrogens (tertiary/aromatic N) is 3. The van der Waals surface area contributed by atoms with Crippen LogP contribution in [0.25, 0.3) is 6.08 Å². The Morgan fingerprint density at radius 3 is 2.36 bits per heavy atom. The molecule has 0 saturated carbocycles. The minimum absolute atomic E-state index is 0.210. The Morgan fingerprint density at radius 2 is 1.64 bits per heavy atom. The molecule has 0 radical (unpaired) electrons. The highest BCUT2D eigenvalue weighted by Gasteiger charge is 2.63. The van der Waals surface area contributed by atoms with Crippen molar-refractivity contribution >= 4 is 23.6 Å². The molecule has 0 N–H and O–H groups in total. The molecule has 3 heterocycles. The zero-order valence-corrected chi connectivity index (χ0v) is 15.7. The van der Waals surface area contributed by atoms with Crippen LogP contribution in [0.1, 0.15) is 28.3 Å². The number of hydrogen-bond donors (Lipinski definition) is 0. The number of benzene rings is 2. The van der Waals surface area contributed by atoms with Gasteiger partial charge in [-0.2, -0.15) is 5.26 Å². The van der Waals surface area contributed by atoms with Gasteiger partial charge in [-0.3, -0.25) is 9.59 Å². The van der Waals surface area contributed by atoms with E-state index in [1.54, 1.807) is 0 Å². The van der Waals surface area contributed by atoms with Crippen LogP contribution < -0.4 is 4.90 Å². The van der Waals surface area contributed by atoms with Crippen molar-refractivity contribution in [2.45, 2.75) is 25.9 Å². The smallest absolute Gasteiger partial charge is 0.240 e. The van der Waals surface area contributed by atoms with Crippen molar-refractivity contribution in [3.8, 4) is 6.07 Å². The van der Waals surface area contributed by atoms with Crippen LogP contribution in [0.2, 0.25) is 0 Å². The van der Waals surface area contributed by atoms with Gasteiger partial charge in [0.15, 0.2) is 0 Å². The third-order valence-corrected chi connectivity index (χ3v) is 6.06. The van der Waals surface area contributed by atoms with Gasteiger partial charge in [-0.25, -0.2) is 4.90 Å². The summed E-state index contributed by atoms with van der Waals surface area (Å²) < 4.78 is 0. The largest absolute Gasteiger partial charge is 0.353 e. The monoisotopic (exact) mass is 369 g/mol. The lowest BCUT2D eigenvalue weighted by Gasteiger charge is -2.33. The second-order valence-corrected chi connectivity index (χ2v) is 7.82. The molecule has 3 aliphatic rings. The molecule has 0 unspecified atom stereocenters. The first-order chi connectivity index (χ1) is 13.5. The van der Waals surface area contributed by atoms with Gasteiger partial charge in [0, 0.05) is 6.20 Å². The highest BCUT2D eigenvalue weighted by atomic mass is 16.2. The van der Waals surface area contributed by atoms with Crippen molar-refractivity contribution in [1.82, 2.24) is 4.90 Å². The van der Waals surface area contributed by atoms with Gasteiger partial charge in [-0.05, 0) is 54.3 Å². The maximum Gasteiger partial charge on any atom is 0.240 e. The number of rotatable bonds is 1. The van der Waals surface area contributed by atoms with Gasteiger partial charge < -0.3 is 4.90 Å². The lowest BCUT2D eigenvalue weighted by molar-refractivity contribution is -0.123. The SMILES string of the molecule is Cc1cc(C)cc(N2C(=O)[C@@H]3[C@H](C2=O)[C@H]2c4ccccc4C=CN2[C@@H]3C#N)c1. The molecule has 5 nitrogen and oxygen atoms in total. The van der Waals surface area contributed by atoms with Gasteiger partial charge in [0.1, 0.15) is 6.04 Å². The van der Waals surface area contributed by atoms with E-state index in [2.05, 4.69) is 6.07 Å². The summed E-state index contributed by atoms with van der Waals surface area (Å²) in [5, 5.41) is 9.84. The van der Waals surface area contributed by atoms with Crippen LogP contribution in [-0.4, -0.2) is 22.8 Å². The zero-order valence-electron chi connectivity index (χ0n) is 15.7. The van der Waals surface area contributed by atoms with Crippen molar-refractivity contribution in [1.29, 1.82) is 5.26 Å². The second kappa shape index (κ2) is 5.80. The highest BCUT2D eigenvalue weighted by molar-refractivity contribution is 6.23. The van der Waals surface area contributed by atoms with Crippen LogP contribution >= 0.6 is 0 Å². The molecule has 2 amide bonds. The molecular formula is C23H19N3O2. The molecule has 5 heteroatoms. The maximum absolute atomic E-state index is 13.5. The molecule has 28 heavy (non-hydrogen) atoms. The average Bonchev–Trinajstić information content (AvgIpc) is 3.13. The molecule has 2 aromatic carbocycles. The van der Waals surface area contributed by atoms with Crippen LogP contribution in [0.3, 0.4) is 0 Å². The standard InChI is InChI=1S/C23H19N3O2/c1-13-9-14(2)11-16(10-13)26-22(27)19-18(12-24)25-8-7-15-5-3-4-6-17(15)21(25)20(19)23(26)28/h3-11,18-21H,1-2H3/t18-,19+,20+,21-/m1/s1. The molecule has 0 bridgehead atoms. The van der Waals surface area contributed by atoms with E-state index < -0.39 is 17.9 Å². The fourth-order valence-electron chi connectivity index (χ4n) is 5.04. The van der Waals surface area contributed by atoms with E-state index >= 15 is 0 Å². The van der Waals surface area contributed by atoms with Crippen LogP contribution in [0.5, 0.6) is 0 Å². The lowest BCUT2D eigenvalue weighted by atomic mass is 9.85. The third-order valence-electron chi connectivity index (χ3n) is 6.06. The Hall–Kier alpha value is -3.39. The number of carbonyl (C=O) groups excluding carboxylic acids is 2. The van der Waals surface area contributed by atoms with Crippen molar-refractivity contribution in [3.05, 3.63) is 70.9 Å². The lowest BCUT2D eigenvalue weighted by Crippen LogP contribution is -2.40. The van der Waals surface area contributed by atoms with Crippen LogP contribution in [0.15, 0.2) is 48.7 Å². The van der Waals surface area contributed by atoms with Gasteiger partial charge in [0.2, 0.25) is 11.8 Å². The summed E-state index contributed by atoms with van der Waals surface area (Å²) in [6.07, 6.45) is 3.81. The zero-order chi connectivity index (χ0) is 19.6. The summed E-state index contributed by atoms with van der Waals surface area (Å²) in [4.78, 5) is 30.0. The van der Waals surface area contributed by atoms with Crippen LogP contribution in [0, 0.1) is 37.0 Å². The van der Waals surface area contributed by atoms with Crippen molar-refractivity contribution in [2.24, 2.45) is 11.8 Å². The molecule has 2 saturated heterocycles. The first-order valence-corrected chi connectivity index (χ1v) is 9.41. The van der Waals surface area contributed by atoms with Gasteiger partial charge in [-0.1, -0.05) is 30.3 Å². The Balaban J connectivity index is 1.65. The van der Waals surface area contributed by atoms with Crippen LogP contribution in [-0.2, 0) is 9.59 Å². The first kappa shape index (κ1) is 16.8. The van der Waals surface area contributed by atoms with Crippen molar-refractivity contribution in [3.63, 3.8) is 0 Å². The summed E-state index contributed by atoms with van der Waals surface area (Å²) in [6.45, 7) is 3.90. The van der Waals surface area contributed by atoms with E-state index in [0.29, 0.717) is 5.69 Å². The van der Waals surface area contributed by atoms with E-state index in [1.165, 1.54) is 4.90 Å². The van der Waals surface area contributed by atoms with Gasteiger partial charge in [0.05, 0.1) is 29.6 Å². The van der Waals surface area contributed by atoms with E-state index in [4.69, 9.17) is 0 Å². The summed E-state index contributed by atoms with van der Waals surface area (Å²) in [7, 11) is 0. The number of hydrogen-bond acceptors (Lipinski definition) is 4. The molecule has 4 atom stereocenters. The number of carbonyl (C=O) groups is 2. The van der Waals surface area contributed by atoms with Gasteiger partial charge in [-0.15, -0.1) is 0 Å². The molecule has 0 aromatic heterocycles. The van der Waals surface area contributed by atoms with Crippen molar-refractivity contribution in [2.75, 3.05) is 4.90 Å². The van der Waals surface area contributed by atoms with Gasteiger partial charge >= 0.3 is 0 Å². The maximum atomic E-state index is 13.5. The molecule has 0 spiro atoms. The summed E-state index contributed by atoms with van der Waals surface area (Å²) in [5.74, 6) is -1.69. The molecule has 3 aliphatic heterocycles. The van der Waals surface area contributed by atoms with Gasteiger partial charge in [0.25, 0.3) is 0 Å². The van der Waals surface area contributed by atoms with Crippen molar-refractivity contribution < 1.29 is 9.59 Å². The highest BCUT2D eigenvalue weighted by Crippen LogP contribution is 2.52. The molecule has 2 fully saturated rings. The third kappa shape index (κ3) is 2.12. The number of anilines is 1. The molecule has 5 rings (SSSR count). The normalized spacial score (nSPS) is 27.5.